The summed E-state index contributed by atoms with van der Waals surface area (Å²) in [4.78, 5) is 20.1. The number of carbonyl (C=O) groups is 1. The highest BCUT2D eigenvalue weighted by Crippen LogP contribution is 2.24. The van der Waals surface area contributed by atoms with Crippen molar-refractivity contribution >= 4 is 23.1 Å². The highest BCUT2D eigenvalue weighted by Gasteiger charge is 2.14. The fourth-order valence-corrected chi connectivity index (χ4v) is 2.59. The van der Waals surface area contributed by atoms with Crippen molar-refractivity contribution in [2.45, 2.75) is 33.6 Å². The molecule has 6 nitrogen and oxygen atoms in total. The number of benzene rings is 1. The second-order valence-corrected chi connectivity index (χ2v) is 5.50. The minimum Gasteiger partial charge on any atom is -0.340 e. The van der Waals surface area contributed by atoms with Gasteiger partial charge in [0, 0.05) is 22.5 Å². The van der Waals surface area contributed by atoms with Crippen LogP contribution in [0.4, 0.5) is 11.5 Å². The Morgan fingerprint density at radius 1 is 1.26 bits per heavy atom. The van der Waals surface area contributed by atoms with Gasteiger partial charge in [-0.25, -0.2) is 4.98 Å². The molecule has 0 saturated heterocycles. The van der Waals surface area contributed by atoms with E-state index in [4.69, 9.17) is 0 Å². The Morgan fingerprint density at radius 2 is 2.00 bits per heavy atom. The SMILES string of the molecule is CCCc1c(C)nc2ncnn2c1Nc1ccc(C(C)=O)cc1. The monoisotopic (exact) mass is 309 g/mol. The molecule has 1 aromatic carbocycles. The highest BCUT2D eigenvalue weighted by atomic mass is 16.1. The third kappa shape index (κ3) is 2.92. The third-order valence-electron chi connectivity index (χ3n) is 3.79. The summed E-state index contributed by atoms with van der Waals surface area (Å²) in [7, 11) is 0. The molecular formula is C17H19N5O. The lowest BCUT2D eigenvalue weighted by Gasteiger charge is -2.15. The number of fused-ring (bicyclic) bond motifs is 1. The highest BCUT2D eigenvalue weighted by molar-refractivity contribution is 5.94. The molecule has 23 heavy (non-hydrogen) atoms. The summed E-state index contributed by atoms with van der Waals surface area (Å²) in [6.45, 7) is 5.69. The van der Waals surface area contributed by atoms with Gasteiger partial charge >= 0.3 is 0 Å². The molecule has 0 aliphatic carbocycles. The van der Waals surface area contributed by atoms with E-state index in [2.05, 4.69) is 27.3 Å². The first-order chi connectivity index (χ1) is 11.1. The van der Waals surface area contributed by atoms with Crippen LogP contribution in [0.15, 0.2) is 30.6 Å². The topological polar surface area (TPSA) is 72.2 Å². The number of anilines is 2. The van der Waals surface area contributed by atoms with Crippen molar-refractivity contribution in [1.29, 1.82) is 0 Å². The van der Waals surface area contributed by atoms with Crippen LogP contribution in [-0.2, 0) is 6.42 Å². The molecule has 0 bridgehead atoms. The molecule has 0 unspecified atom stereocenters. The summed E-state index contributed by atoms with van der Waals surface area (Å²) in [5, 5.41) is 7.67. The van der Waals surface area contributed by atoms with Gasteiger partial charge in [-0.05, 0) is 44.5 Å². The molecule has 2 heterocycles. The first-order valence-corrected chi connectivity index (χ1v) is 7.67. The van der Waals surface area contributed by atoms with Crippen molar-refractivity contribution in [3.63, 3.8) is 0 Å². The van der Waals surface area contributed by atoms with Gasteiger partial charge in [-0.1, -0.05) is 13.3 Å². The number of rotatable bonds is 5. The zero-order chi connectivity index (χ0) is 16.4. The van der Waals surface area contributed by atoms with E-state index in [1.165, 1.54) is 6.33 Å². The van der Waals surface area contributed by atoms with Crippen LogP contribution >= 0.6 is 0 Å². The summed E-state index contributed by atoms with van der Waals surface area (Å²) in [6, 6.07) is 7.42. The Bertz CT molecular complexity index is 851. The number of hydrogen-bond acceptors (Lipinski definition) is 5. The standard InChI is InChI=1S/C17H19N5O/c1-4-5-15-11(2)20-17-18-10-19-22(17)16(15)21-14-8-6-13(7-9-14)12(3)23/h6-10,21H,4-5H2,1-3H3. The van der Waals surface area contributed by atoms with Crippen LogP contribution in [0.1, 0.15) is 41.9 Å². The van der Waals surface area contributed by atoms with E-state index in [9.17, 15) is 4.79 Å². The van der Waals surface area contributed by atoms with Gasteiger partial charge < -0.3 is 5.32 Å². The number of aryl methyl sites for hydroxylation is 1. The number of ketones is 1. The molecule has 0 atom stereocenters. The fraction of sp³-hybridized carbons (Fsp3) is 0.294. The number of nitrogens with zero attached hydrogens (tertiary/aromatic N) is 4. The zero-order valence-electron chi connectivity index (χ0n) is 13.5. The molecule has 3 aromatic rings. The van der Waals surface area contributed by atoms with Crippen LogP contribution in [-0.4, -0.2) is 25.4 Å². The van der Waals surface area contributed by atoms with Crippen LogP contribution in [0.2, 0.25) is 0 Å². The largest absolute Gasteiger partial charge is 0.340 e. The zero-order valence-corrected chi connectivity index (χ0v) is 13.5. The molecule has 2 aromatic heterocycles. The lowest BCUT2D eigenvalue weighted by atomic mass is 10.1. The maximum absolute atomic E-state index is 11.4. The third-order valence-corrected chi connectivity index (χ3v) is 3.79. The average molecular weight is 309 g/mol. The molecular weight excluding hydrogens is 290 g/mol. The van der Waals surface area contributed by atoms with Crippen molar-refractivity contribution in [3.05, 3.63) is 47.4 Å². The van der Waals surface area contributed by atoms with Gasteiger partial charge in [0.2, 0.25) is 0 Å². The number of nitrogens with one attached hydrogen (secondary N) is 1. The van der Waals surface area contributed by atoms with Gasteiger partial charge in [0.15, 0.2) is 5.78 Å². The Labute approximate surface area is 134 Å². The lowest BCUT2D eigenvalue weighted by molar-refractivity contribution is 0.101. The van der Waals surface area contributed by atoms with E-state index in [1.807, 2.05) is 31.2 Å². The molecule has 0 radical (unpaired) electrons. The van der Waals surface area contributed by atoms with Crippen LogP contribution in [0.3, 0.4) is 0 Å². The predicted molar refractivity (Wildman–Crippen MR) is 89.2 cm³/mol. The number of carbonyl (C=O) groups excluding carboxylic acids is 1. The van der Waals surface area contributed by atoms with Crippen molar-refractivity contribution in [3.8, 4) is 0 Å². The number of hydrogen-bond donors (Lipinski definition) is 1. The second kappa shape index (κ2) is 6.16. The van der Waals surface area contributed by atoms with Gasteiger partial charge in [-0.2, -0.15) is 14.6 Å². The summed E-state index contributed by atoms with van der Waals surface area (Å²) >= 11 is 0. The van der Waals surface area contributed by atoms with Crippen molar-refractivity contribution in [1.82, 2.24) is 19.6 Å². The van der Waals surface area contributed by atoms with Crippen molar-refractivity contribution < 1.29 is 4.79 Å². The molecule has 0 aliphatic heterocycles. The molecule has 0 fully saturated rings. The first-order valence-electron chi connectivity index (χ1n) is 7.67. The summed E-state index contributed by atoms with van der Waals surface area (Å²) in [6.07, 6.45) is 3.42. The molecule has 0 aliphatic rings. The van der Waals surface area contributed by atoms with Crippen molar-refractivity contribution in [2.75, 3.05) is 5.32 Å². The van der Waals surface area contributed by atoms with E-state index in [0.29, 0.717) is 11.3 Å². The summed E-state index contributed by atoms with van der Waals surface area (Å²) in [5.41, 5.74) is 3.67. The van der Waals surface area contributed by atoms with Gasteiger partial charge in [-0.3, -0.25) is 4.79 Å². The van der Waals surface area contributed by atoms with E-state index in [0.717, 1.165) is 35.6 Å². The van der Waals surface area contributed by atoms with Gasteiger partial charge in [0.05, 0.1) is 0 Å². The molecule has 0 amide bonds. The Hall–Kier alpha value is -2.76. The lowest BCUT2D eigenvalue weighted by Crippen LogP contribution is -2.08. The smallest absolute Gasteiger partial charge is 0.254 e. The molecule has 118 valence electrons. The van der Waals surface area contributed by atoms with E-state index in [-0.39, 0.29) is 5.78 Å². The van der Waals surface area contributed by atoms with E-state index in [1.54, 1.807) is 11.4 Å². The minimum atomic E-state index is 0.0571. The number of Topliss-reactive ketones (excluding diaryl/α,β-unsaturated/α-hetero) is 1. The molecule has 1 N–H and O–H groups in total. The van der Waals surface area contributed by atoms with Crippen LogP contribution in [0.25, 0.3) is 5.78 Å². The van der Waals surface area contributed by atoms with Crippen LogP contribution < -0.4 is 5.32 Å². The first kappa shape index (κ1) is 15.1. The van der Waals surface area contributed by atoms with Gasteiger partial charge in [-0.15, -0.1) is 0 Å². The minimum absolute atomic E-state index is 0.0571. The van der Waals surface area contributed by atoms with E-state index < -0.39 is 0 Å². The van der Waals surface area contributed by atoms with Gasteiger partial charge in [0.25, 0.3) is 5.78 Å². The summed E-state index contributed by atoms with van der Waals surface area (Å²) < 4.78 is 1.72. The Kier molecular flexibility index (Phi) is 4.06. The molecule has 0 spiro atoms. The predicted octanol–water partition coefficient (Wildman–Crippen LogP) is 3.33. The molecule has 6 heteroatoms. The van der Waals surface area contributed by atoms with Gasteiger partial charge in [0.1, 0.15) is 12.1 Å². The average Bonchev–Trinajstić information content (AvgIpc) is 2.99. The maximum atomic E-state index is 11.4. The Balaban J connectivity index is 2.05. The Morgan fingerprint density at radius 3 is 2.65 bits per heavy atom. The molecule has 0 saturated carbocycles. The van der Waals surface area contributed by atoms with Crippen LogP contribution in [0, 0.1) is 6.92 Å². The van der Waals surface area contributed by atoms with E-state index >= 15 is 0 Å². The van der Waals surface area contributed by atoms with Crippen molar-refractivity contribution in [2.24, 2.45) is 0 Å². The normalized spacial score (nSPS) is 10.9. The fourth-order valence-electron chi connectivity index (χ4n) is 2.59. The number of aromatic nitrogens is 4. The van der Waals surface area contributed by atoms with Crippen LogP contribution in [0.5, 0.6) is 0 Å². The molecule has 3 rings (SSSR count). The second-order valence-electron chi connectivity index (χ2n) is 5.50. The maximum Gasteiger partial charge on any atom is 0.254 e. The quantitative estimate of drug-likeness (QED) is 0.732. The summed E-state index contributed by atoms with van der Waals surface area (Å²) in [5.74, 6) is 1.51.